The minimum absolute atomic E-state index is 0.731. The minimum Gasteiger partial charge on any atom is -0.311 e. The van der Waals surface area contributed by atoms with E-state index in [4.69, 9.17) is 0 Å². The van der Waals surface area contributed by atoms with Gasteiger partial charge in [0, 0.05) is 32.2 Å². The Hall–Kier alpha value is -0.860. The summed E-state index contributed by atoms with van der Waals surface area (Å²) in [5.74, 6) is 0.921. The molecule has 1 saturated carbocycles. The summed E-state index contributed by atoms with van der Waals surface area (Å²) in [6.07, 6.45) is 7.23. The molecule has 2 aliphatic rings. The Kier molecular flexibility index (Phi) is 4.74. The second-order valence-corrected chi connectivity index (χ2v) is 6.68. The zero-order valence-corrected chi connectivity index (χ0v) is 12.8. The van der Waals surface area contributed by atoms with Gasteiger partial charge < -0.3 is 5.32 Å². The molecule has 0 aromatic heterocycles. The zero-order valence-electron chi connectivity index (χ0n) is 12.8. The van der Waals surface area contributed by atoms with E-state index in [1.807, 2.05) is 0 Å². The maximum absolute atomic E-state index is 3.77. The van der Waals surface area contributed by atoms with Gasteiger partial charge in [-0.25, -0.2) is 0 Å². The maximum Gasteiger partial charge on any atom is 0.0234 e. The highest BCUT2D eigenvalue weighted by Gasteiger charge is 2.27. The van der Waals surface area contributed by atoms with Crippen molar-refractivity contribution in [3.05, 3.63) is 35.4 Å². The van der Waals surface area contributed by atoms with E-state index in [9.17, 15) is 0 Å². The number of rotatable bonds is 3. The van der Waals surface area contributed by atoms with Crippen LogP contribution in [0, 0.1) is 12.8 Å². The van der Waals surface area contributed by atoms with Gasteiger partial charge in [0.2, 0.25) is 0 Å². The van der Waals surface area contributed by atoms with Gasteiger partial charge in [0.1, 0.15) is 0 Å². The minimum atomic E-state index is 0.731. The lowest BCUT2D eigenvalue weighted by Gasteiger charge is -2.39. The average Bonchev–Trinajstić information content (AvgIpc) is 2.51. The summed E-state index contributed by atoms with van der Waals surface area (Å²) in [6.45, 7) is 6.86. The Bertz CT molecular complexity index is 406. The van der Waals surface area contributed by atoms with Crippen LogP contribution in [0.5, 0.6) is 0 Å². The predicted molar refractivity (Wildman–Crippen MR) is 84.8 cm³/mol. The van der Waals surface area contributed by atoms with Crippen molar-refractivity contribution in [1.82, 2.24) is 10.2 Å². The summed E-state index contributed by atoms with van der Waals surface area (Å²) in [5.41, 5.74) is 2.81. The fourth-order valence-electron chi connectivity index (χ4n) is 3.79. The molecule has 0 amide bonds. The highest BCUT2D eigenvalue weighted by molar-refractivity contribution is 5.21. The first-order valence-electron chi connectivity index (χ1n) is 8.32. The summed E-state index contributed by atoms with van der Waals surface area (Å²) >= 11 is 0. The van der Waals surface area contributed by atoms with E-state index in [1.54, 1.807) is 0 Å². The monoisotopic (exact) mass is 272 g/mol. The van der Waals surface area contributed by atoms with Crippen LogP contribution >= 0.6 is 0 Å². The molecule has 1 heterocycles. The zero-order chi connectivity index (χ0) is 13.8. The molecule has 1 unspecified atom stereocenters. The normalized spacial score (nSPS) is 25.8. The molecule has 3 rings (SSSR count). The standard InChI is InChI=1S/C18H28N2/c1-15-7-9-16(10-8-15)13-20-12-11-19-18(14-20)17-5-3-2-4-6-17/h7-10,17-19H,2-6,11-14H2,1H3. The molecule has 1 aliphatic heterocycles. The molecule has 2 fully saturated rings. The number of hydrogen-bond acceptors (Lipinski definition) is 2. The van der Waals surface area contributed by atoms with Gasteiger partial charge in [-0.1, -0.05) is 49.1 Å². The van der Waals surface area contributed by atoms with E-state index in [2.05, 4.69) is 41.4 Å². The van der Waals surface area contributed by atoms with Crippen molar-refractivity contribution in [2.75, 3.05) is 19.6 Å². The van der Waals surface area contributed by atoms with Gasteiger partial charge in [-0.05, 0) is 31.2 Å². The molecule has 0 bridgehead atoms. The highest BCUT2D eigenvalue weighted by atomic mass is 15.2. The summed E-state index contributed by atoms with van der Waals surface area (Å²) in [4.78, 5) is 2.64. The van der Waals surface area contributed by atoms with Gasteiger partial charge in [-0.2, -0.15) is 0 Å². The number of hydrogen-bond donors (Lipinski definition) is 1. The number of benzene rings is 1. The Morgan fingerprint density at radius 1 is 1.10 bits per heavy atom. The fraction of sp³-hybridized carbons (Fsp3) is 0.667. The number of piperazine rings is 1. The van der Waals surface area contributed by atoms with Gasteiger partial charge in [-0.15, -0.1) is 0 Å². The second-order valence-electron chi connectivity index (χ2n) is 6.68. The molecule has 1 aromatic rings. The van der Waals surface area contributed by atoms with Crippen LogP contribution in [0.2, 0.25) is 0 Å². The van der Waals surface area contributed by atoms with Crippen LogP contribution in [0.25, 0.3) is 0 Å². The number of aryl methyl sites for hydroxylation is 1. The first-order chi connectivity index (χ1) is 9.81. The third-order valence-electron chi connectivity index (χ3n) is 5.04. The SMILES string of the molecule is Cc1ccc(CN2CCNC(C3CCCCC3)C2)cc1. The molecular formula is C18H28N2. The number of nitrogens with zero attached hydrogens (tertiary/aromatic N) is 1. The van der Waals surface area contributed by atoms with Gasteiger partial charge >= 0.3 is 0 Å². The van der Waals surface area contributed by atoms with Gasteiger partial charge in [0.15, 0.2) is 0 Å². The van der Waals surface area contributed by atoms with Crippen LogP contribution in [0.15, 0.2) is 24.3 Å². The van der Waals surface area contributed by atoms with Crippen molar-refractivity contribution in [3.8, 4) is 0 Å². The van der Waals surface area contributed by atoms with Crippen LogP contribution in [-0.2, 0) is 6.54 Å². The third-order valence-corrected chi connectivity index (χ3v) is 5.04. The summed E-state index contributed by atoms with van der Waals surface area (Å²) < 4.78 is 0. The predicted octanol–water partition coefficient (Wildman–Crippen LogP) is 3.35. The Labute approximate surface area is 123 Å². The fourth-order valence-corrected chi connectivity index (χ4v) is 3.79. The van der Waals surface area contributed by atoms with Crippen molar-refractivity contribution in [2.45, 2.75) is 51.6 Å². The molecule has 2 nitrogen and oxygen atoms in total. The van der Waals surface area contributed by atoms with Crippen LogP contribution in [0.4, 0.5) is 0 Å². The molecule has 1 N–H and O–H groups in total. The molecule has 1 atom stereocenters. The van der Waals surface area contributed by atoms with Crippen LogP contribution < -0.4 is 5.32 Å². The van der Waals surface area contributed by atoms with E-state index < -0.39 is 0 Å². The smallest absolute Gasteiger partial charge is 0.0234 e. The first-order valence-corrected chi connectivity index (χ1v) is 8.32. The van der Waals surface area contributed by atoms with Crippen LogP contribution in [0.1, 0.15) is 43.2 Å². The molecule has 1 saturated heterocycles. The lowest BCUT2D eigenvalue weighted by molar-refractivity contribution is 0.141. The summed E-state index contributed by atoms with van der Waals surface area (Å²) in [7, 11) is 0. The molecular weight excluding hydrogens is 244 g/mol. The van der Waals surface area contributed by atoms with Gasteiger partial charge in [-0.3, -0.25) is 4.90 Å². The van der Waals surface area contributed by atoms with E-state index in [0.29, 0.717) is 0 Å². The largest absolute Gasteiger partial charge is 0.311 e. The van der Waals surface area contributed by atoms with Crippen LogP contribution in [-0.4, -0.2) is 30.6 Å². The quantitative estimate of drug-likeness (QED) is 0.908. The molecule has 110 valence electrons. The lowest BCUT2D eigenvalue weighted by atomic mass is 9.83. The Morgan fingerprint density at radius 2 is 1.85 bits per heavy atom. The van der Waals surface area contributed by atoms with Crippen molar-refractivity contribution >= 4 is 0 Å². The van der Waals surface area contributed by atoms with Crippen molar-refractivity contribution < 1.29 is 0 Å². The molecule has 20 heavy (non-hydrogen) atoms. The van der Waals surface area contributed by atoms with E-state index >= 15 is 0 Å². The van der Waals surface area contributed by atoms with E-state index in [-0.39, 0.29) is 0 Å². The molecule has 0 radical (unpaired) electrons. The van der Waals surface area contributed by atoms with Crippen molar-refractivity contribution in [3.63, 3.8) is 0 Å². The highest BCUT2D eigenvalue weighted by Crippen LogP contribution is 2.28. The van der Waals surface area contributed by atoms with Gasteiger partial charge in [0.05, 0.1) is 0 Å². The summed E-state index contributed by atoms with van der Waals surface area (Å²) in [5, 5.41) is 3.77. The summed E-state index contributed by atoms with van der Waals surface area (Å²) in [6, 6.07) is 9.77. The lowest BCUT2D eigenvalue weighted by Crippen LogP contribution is -2.53. The van der Waals surface area contributed by atoms with Crippen molar-refractivity contribution in [1.29, 1.82) is 0 Å². The second kappa shape index (κ2) is 6.73. The van der Waals surface area contributed by atoms with Gasteiger partial charge in [0.25, 0.3) is 0 Å². The molecule has 1 aromatic carbocycles. The van der Waals surface area contributed by atoms with Crippen LogP contribution in [0.3, 0.4) is 0 Å². The van der Waals surface area contributed by atoms with Crippen molar-refractivity contribution in [2.24, 2.45) is 5.92 Å². The average molecular weight is 272 g/mol. The van der Waals surface area contributed by atoms with E-state index in [0.717, 1.165) is 25.0 Å². The molecule has 2 heteroatoms. The Morgan fingerprint density at radius 3 is 2.60 bits per heavy atom. The maximum atomic E-state index is 3.77. The number of nitrogens with one attached hydrogen (secondary N) is 1. The Balaban J connectivity index is 1.56. The topological polar surface area (TPSA) is 15.3 Å². The molecule has 0 spiro atoms. The molecule has 1 aliphatic carbocycles. The van der Waals surface area contributed by atoms with E-state index in [1.165, 1.54) is 56.3 Å². The first kappa shape index (κ1) is 14.1. The third kappa shape index (κ3) is 3.62.